The normalized spacial score (nSPS) is 15.1. The molecule has 0 unspecified atom stereocenters. The number of nitrogens with zero attached hydrogens (tertiary/aromatic N) is 4. The van der Waals surface area contributed by atoms with Crippen LogP contribution in [0.2, 0.25) is 5.02 Å². The van der Waals surface area contributed by atoms with E-state index in [1.807, 2.05) is 6.07 Å². The van der Waals surface area contributed by atoms with Crippen LogP contribution in [-0.4, -0.2) is 39.7 Å². The molecule has 4 rings (SSSR count). The fraction of sp³-hybridized carbons (Fsp3) is 0.368. The lowest BCUT2D eigenvalue weighted by molar-refractivity contribution is -0.113. The first-order valence-electron chi connectivity index (χ1n) is 9.13. The molecule has 146 valence electrons. The van der Waals surface area contributed by atoms with Gasteiger partial charge in [-0.1, -0.05) is 47.7 Å². The van der Waals surface area contributed by atoms with Crippen molar-refractivity contribution in [2.45, 2.75) is 24.8 Å². The van der Waals surface area contributed by atoms with Crippen LogP contribution in [0, 0.1) is 5.92 Å². The molecule has 0 spiro atoms. The number of hydrogen-bond acceptors (Lipinski definition) is 7. The molecule has 1 aliphatic rings. The van der Waals surface area contributed by atoms with Crippen molar-refractivity contribution in [1.29, 1.82) is 0 Å². The number of amides is 1. The average Bonchev–Trinajstić information content (AvgIpc) is 3.12. The molecule has 0 saturated carbocycles. The van der Waals surface area contributed by atoms with E-state index in [1.165, 1.54) is 30.9 Å². The van der Waals surface area contributed by atoms with Crippen LogP contribution < -0.4 is 10.2 Å². The van der Waals surface area contributed by atoms with E-state index in [0.29, 0.717) is 16.4 Å². The number of piperidine rings is 1. The maximum atomic E-state index is 12.3. The first kappa shape index (κ1) is 19.4. The molecule has 2 aromatic heterocycles. The Labute approximate surface area is 176 Å². The van der Waals surface area contributed by atoms with Gasteiger partial charge in [-0.05, 0) is 37.0 Å². The number of nitrogens with one attached hydrogen (secondary N) is 1. The van der Waals surface area contributed by atoms with Crippen LogP contribution in [0.5, 0.6) is 0 Å². The third-order valence-corrected chi connectivity index (χ3v) is 7.12. The van der Waals surface area contributed by atoms with Gasteiger partial charge in [-0.2, -0.15) is 4.98 Å². The van der Waals surface area contributed by atoms with Crippen molar-refractivity contribution in [2.75, 3.05) is 29.1 Å². The summed E-state index contributed by atoms with van der Waals surface area (Å²) in [4.78, 5) is 28.0. The Bertz CT molecular complexity index is 987. The zero-order valence-electron chi connectivity index (χ0n) is 15.4. The number of halogens is 1. The molecule has 0 atom stereocenters. The molecule has 1 N–H and O–H groups in total. The topological polar surface area (TPSA) is 71.0 Å². The number of thioether (sulfide) groups is 1. The smallest absolute Gasteiger partial charge is 0.234 e. The van der Waals surface area contributed by atoms with Crippen molar-refractivity contribution in [3.63, 3.8) is 0 Å². The Kier molecular flexibility index (Phi) is 5.99. The minimum atomic E-state index is -0.103. The fourth-order valence-electron chi connectivity index (χ4n) is 3.06. The standard InChI is InChI=1S/C19H20ClN5OS2/c1-12-5-7-25(8-6-12)19-24-17-16(28-19)18(22-11-21-17)27-10-15(26)23-14-4-2-3-13(20)9-14/h2-4,9,11-12H,5-8,10H2,1H3,(H,23,26). The highest BCUT2D eigenvalue weighted by atomic mass is 35.5. The first-order chi connectivity index (χ1) is 13.6. The van der Waals surface area contributed by atoms with E-state index in [0.717, 1.165) is 33.9 Å². The van der Waals surface area contributed by atoms with Crippen LogP contribution in [0.1, 0.15) is 19.8 Å². The minimum Gasteiger partial charge on any atom is -0.348 e. The zero-order valence-corrected chi connectivity index (χ0v) is 17.8. The van der Waals surface area contributed by atoms with E-state index in [4.69, 9.17) is 16.6 Å². The van der Waals surface area contributed by atoms with Gasteiger partial charge >= 0.3 is 0 Å². The molecule has 0 aliphatic carbocycles. The molecule has 3 aromatic rings. The third-order valence-electron chi connectivity index (χ3n) is 4.65. The van der Waals surface area contributed by atoms with Crippen molar-refractivity contribution < 1.29 is 4.79 Å². The highest BCUT2D eigenvalue weighted by Gasteiger charge is 2.20. The van der Waals surface area contributed by atoms with Crippen molar-refractivity contribution >= 4 is 61.8 Å². The number of rotatable bonds is 5. The van der Waals surface area contributed by atoms with Gasteiger partial charge in [0, 0.05) is 23.8 Å². The highest BCUT2D eigenvalue weighted by Crippen LogP contribution is 2.35. The zero-order chi connectivity index (χ0) is 19.5. The van der Waals surface area contributed by atoms with Crippen molar-refractivity contribution in [3.05, 3.63) is 35.6 Å². The number of fused-ring (bicyclic) bond motifs is 1. The summed E-state index contributed by atoms with van der Waals surface area (Å²) in [6.45, 7) is 4.35. The van der Waals surface area contributed by atoms with Gasteiger partial charge in [-0.15, -0.1) is 0 Å². The largest absolute Gasteiger partial charge is 0.348 e. The van der Waals surface area contributed by atoms with E-state index < -0.39 is 0 Å². The predicted octanol–water partition coefficient (Wildman–Crippen LogP) is 4.71. The molecule has 1 aromatic carbocycles. The van der Waals surface area contributed by atoms with Gasteiger partial charge < -0.3 is 10.2 Å². The number of thiazole rings is 1. The monoisotopic (exact) mass is 433 g/mol. The van der Waals surface area contributed by atoms with Gasteiger partial charge in [-0.3, -0.25) is 4.79 Å². The van der Waals surface area contributed by atoms with E-state index in [-0.39, 0.29) is 11.7 Å². The summed E-state index contributed by atoms with van der Waals surface area (Å²) in [5.74, 6) is 0.927. The van der Waals surface area contributed by atoms with E-state index in [1.54, 1.807) is 29.5 Å². The predicted molar refractivity (Wildman–Crippen MR) is 117 cm³/mol. The molecule has 3 heterocycles. The summed E-state index contributed by atoms with van der Waals surface area (Å²) in [5.41, 5.74) is 1.39. The molecule has 1 aliphatic heterocycles. The second kappa shape index (κ2) is 8.63. The number of aromatic nitrogens is 3. The lowest BCUT2D eigenvalue weighted by Crippen LogP contribution is -2.32. The van der Waals surface area contributed by atoms with Crippen molar-refractivity contribution in [1.82, 2.24) is 15.0 Å². The molecular weight excluding hydrogens is 414 g/mol. The lowest BCUT2D eigenvalue weighted by atomic mass is 10.00. The molecule has 0 radical (unpaired) electrons. The van der Waals surface area contributed by atoms with Gasteiger partial charge in [0.2, 0.25) is 5.91 Å². The number of anilines is 2. The highest BCUT2D eigenvalue weighted by molar-refractivity contribution is 8.00. The van der Waals surface area contributed by atoms with E-state index in [2.05, 4.69) is 27.1 Å². The Morgan fingerprint density at radius 3 is 2.96 bits per heavy atom. The fourth-order valence-corrected chi connectivity index (χ4v) is 5.19. The number of benzene rings is 1. The maximum absolute atomic E-state index is 12.3. The number of hydrogen-bond donors (Lipinski definition) is 1. The van der Waals surface area contributed by atoms with Gasteiger partial charge in [0.1, 0.15) is 16.1 Å². The van der Waals surface area contributed by atoms with Crippen LogP contribution in [-0.2, 0) is 4.79 Å². The van der Waals surface area contributed by atoms with Crippen LogP contribution >= 0.6 is 34.7 Å². The third kappa shape index (κ3) is 4.56. The van der Waals surface area contributed by atoms with Gasteiger partial charge in [0.15, 0.2) is 10.8 Å². The molecule has 1 saturated heterocycles. The lowest BCUT2D eigenvalue weighted by Gasteiger charge is -2.29. The summed E-state index contributed by atoms with van der Waals surface area (Å²) in [5, 5.41) is 5.23. The van der Waals surface area contributed by atoms with Crippen LogP contribution in [0.25, 0.3) is 10.3 Å². The van der Waals surface area contributed by atoms with Gasteiger partial charge in [0.05, 0.1) is 5.75 Å². The summed E-state index contributed by atoms with van der Waals surface area (Å²) < 4.78 is 0.941. The Hall–Kier alpha value is -1.90. The molecule has 1 amide bonds. The van der Waals surface area contributed by atoms with E-state index in [9.17, 15) is 4.79 Å². The summed E-state index contributed by atoms with van der Waals surface area (Å²) in [6.07, 6.45) is 3.89. The molecule has 28 heavy (non-hydrogen) atoms. The van der Waals surface area contributed by atoms with Crippen LogP contribution in [0.15, 0.2) is 35.6 Å². The first-order valence-corrected chi connectivity index (χ1v) is 11.3. The average molecular weight is 434 g/mol. The summed E-state index contributed by atoms with van der Waals surface area (Å²) in [6, 6.07) is 7.11. The van der Waals surface area contributed by atoms with Crippen LogP contribution in [0.4, 0.5) is 10.8 Å². The molecule has 1 fully saturated rings. The van der Waals surface area contributed by atoms with E-state index >= 15 is 0 Å². The number of carbonyl (C=O) groups excluding carboxylic acids is 1. The molecular formula is C19H20ClN5OS2. The second-order valence-corrected chi connectivity index (χ2v) is 9.22. The Morgan fingerprint density at radius 1 is 1.36 bits per heavy atom. The van der Waals surface area contributed by atoms with Crippen molar-refractivity contribution in [3.8, 4) is 0 Å². The Morgan fingerprint density at radius 2 is 2.18 bits per heavy atom. The minimum absolute atomic E-state index is 0.103. The quantitative estimate of drug-likeness (QED) is 0.464. The maximum Gasteiger partial charge on any atom is 0.234 e. The van der Waals surface area contributed by atoms with Crippen molar-refractivity contribution in [2.24, 2.45) is 5.92 Å². The molecule has 6 nitrogen and oxygen atoms in total. The molecule has 0 bridgehead atoms. The van der Waals surface area contributed by atoms with Gasteiger partial charge in [-0.25, -0.2) is 9.97 Å². The van der Waals surface area contributed by atoms with Crippen LogP contribution in [0.3, 0.4) is 0 Å². The molecule has 9 heteroatoms. The second-order valence-electron chi connectivity index (χ2n) is 6.84. The Balaban J connectivity index is 1.44. The number of carbonyl (C=O) groups is 1. The van der Waals surface area contributed by atoms with Gasteiger partial charge in [0.25, 0.3) is 0 Å². The SMILES string of the molecule is CC1CCN(c2nc3ncnc(SCC(=O)Nc4cccc(Cl)c4)c3s2)CC1. The summed E-state index contributed by atoms with van der Waals surface area (Å²) in [7, 11) is 0. The summed E-state index contributed by atoms with van der Waals surface area (Å²) >= 11 is 8.96.